The van der Waals surface area contributed by atoms with Crippen LogP contribution in [0.2, 0.25) is 0 Å². The number of fused-ring (bicyclic) bond motifs is 1. The molecule has 3 aromatic rings. The van der Waals surface area contributed by atoms with Crippen molar-refractivity contribution < 1.29 is 0 Å². The van der Waals surface area contributed by atoms with E-state index in [1.54, 1.807) is 23.1 Å². The first-order valence-corrected chi connectivity index (χ1v) is 5.03. The van der Waals surface area contributed by atoms with Crippen LogP contribution in [0.5, 0.6) is 0 Å². The van der Waals surface area contributed by atoms with Gasteiger partial charge in [0.25, 0.3) is 0 Å². The molecule has 5 heteroatoms. The zero-order chi connectivity index (χ0) is 11.7. The third kappa shape index (κ3) is 1.43. The monoisotopic (exact) mass is 221 g/mol. The molecule has 0 radical (unpaired) electrons. The normalized spacial score (nSPS) is 10.3. The summed E-state index contributed by atoms with van der Waals surface area (Å²) in [5.74, 6) is 0. The van der Waals surface area contributed by atoms with Crippen LogP contribution in [0.1, 0.15) is 5.56 Å². The highest BCUT2D eigenvalue weighted by Gasteiger charge is 2.09. The van der Waals surface area contributed by atoms with Gasteiger partial charge in [-0.05, 0) is 18.2 Å². The number of rotatable bonds is 1. The maximum atomic E-state index is 8.93. The second-order valence-electron chi connectivity index (χ2n) is 3.48. The summed E-state index contributed by atoms with van der Waals surface area (Å²) in [6, 6.07) is 7.71. The second-order valence-corrected chi connectivity index (χ2v) is 3.48. The lowest BCUT2D eigenvalue weighted by atomic mass is 10.2. The van der Waals surface area contributed by atoms with Gasteiger partial charge in [-0.3, -0.25) is 4.98 Å². The van der Waals surface area contributed by atoms with E-state index in [1.165, 1.54) is 6.20 Å². The standard InChI is InChI=1S/C12H7N5/c13-6-10-8-16-17-11(3-5-15-12(10)17)9-2-1-4-14-7-9/h1-5,7-8H. The summed E-state index contributed by atoms with van der Waals surface area (Å²) in [5, 5.41) is 13.1. The maximum Gasteiger partial charge on any atom is 0.173 e. The average Bonchev–Trinajstić information content (AvgIpc) is 2.82. The van der Waals surface area contributed by atoms with Gasteiger partial charge in [0, 0.05) is 24.2 Å². The van der Waals surface area contributed by atoms with Crippen LogP contribution < -0.4 is 0 Å². The lowest BCUT2D eigenvalue weighted by Crippen LogP contribution is -1.95. The molecule has 3 rings (SSSR count). The van der Waals surface area contributed by atoms with Gasteiger partial charge in [0.15, 0.2) is 5.65 Å². The van der Waals surface area contributed by atoms with Crippen molar-refractivity contribution in [2.75, 3.05) is 0 Å². The van der Waals surface area contributed by atoms with Crippen LogP contribution >= 0.6 is 0 Å². The highest BCUT2D eigenvalue weighted by molar-refractivity contribution is 5.64. The van der Waals surface area contributed by atoms with E-state index in [0.717, 1.165) is 11.3 Å². The third-order valence-electron chi connectivity index (χ3n) is 2.48. The molecule has 80 valence electrons. The van der Waals surface area contributed by atoms with Crippen LogP contribution in [0.3, 0.4) is 0 Å². The number of pyridine rings is 1. The Labute approximate surface area is 97.0 Å². The first-order chi connectivity index (χ1) is 8.40. The molecule has 0 unspecified atom stereocenters. The smallest absolute Gasteiger partial charge is 0.173 e. The van der Waals surface area contributed by atoms with Gasteiger partial charge in [0.05, 0.1) is 11.9 Å². The summed E-state index contributed by atoms with van der Waals surface area (Å²) >= 11 is 0. The van der Waals surface area contributed by atoms with Crippen molar-refractivity contribution in [2.24, 2.45) is 0 Å². The van der Waals surface area contributed by atoms with Crippen LogP contribution in [0.4, 0.5) is 0 Å². The zero-order valence-electron chi connectivity index (χ0n) is 8.78. The Morgan fingerprint density at radius 3 is 2.88 bits per heavy atom. The van der Waals surface area contributed by atoms with Gasteiger partial charge in [-0.15, -0.1) is 0 Å². The molecule has 0 saturated heterocycles. The van der Waals surface area contributed by atoms with Gasteiger partial charge < -0.3 is 0 Å². The molecule has 0 aromatic carbocycles. The molecule has 0 N–H and O–H groups in total. The predicted molar refractivity (Wildman–Crippen MR) is 60.9 cm³/mol. The molecule has 0 saturated carbocycles. The van der Waals surface area contributed by atoms with Gasteiger partial charge >= 0.3 is 0 Å². The van der Waals surface area contributed by atoms with Gasteiger partial charge in [-0.1, -0.05) is 0 Å². The molecule has 17 heavy (non-hydrogen) atoms. The van der Waals surface area contributed by atoms with Gasteiger partial charge in [0.1, 0.15) is 11.6 Å². The lowest BCUT2D eigenvalue weighted by molar-refractivity contribution is 0.947. The molecule has 0 aliphatic carbocycles. The molecule has 3 aromatic heterocycles. The molecule has 0 fully saturated rings. The lowest BCUT2D eigenvalue weighted by Gasteiger charge is -2.03. The van der Waals surface area contributed by atoms with Crippen LogP contribution in [-0.2, 0) is 0 Å². The van der Waals surface area contributed by atoms with Crippen LogP contribution in [0.25, 0.3) is 16.9 Å². The minimum absolute atomic E-state index is 0.468. The quantitative estimate of drug-likeness (QED) is 0.626. The highest BCUT2D eigenvalue weighted by atomic mass is 15.3. The molecule has 0 spiro atoms. The Morgan fingerprint density at radius 2 is 2.12 bits per heavy atom. The number of nitrogens with zero attached hydrogens (tertiary/aromatic N) is 5. The van der Waals surface area contributed by atoms with Crippen LogP contribution in [0.15, 0.2) is 43.0 Å². The van der Waals surface area contributed by atoms with E-state index in [2.05, 4.69) is 21.1 Å². The number of nitriles is 1. The average molecular weight is 221 g/mol. The largest absolute Gasteiger partial charge is 0.264 e. The van der Waals surface area contributed by atoms with Crippen LogP contribution in [-0.4, -0.2) is 19.6 Å². The van der Waals surface area contributed by atoms with E-state index in [9.17, 15) is 0 Å². The predicted octanol–water partition coefficient (Wildman–Crippen LogP) is 1.66. The third-order valence-corrected chi connectivity index (χ3v) is 2.48. The van der Waals surface area contributed by atoms with Gasteiger partial charge in [0.2, 0.25) is 0 Å². The van der Waals surface area contributed by atoms with Crippen molar-refractivity contribution in [2.45, 2.75) is 0 Å². The summed E-state index contributed by atoms with van der Waals surface area (Å²) in [5.41, 5.74) is 2.83. The SMILES string of the molecule is N#Cc1cnn2c(-c3cccnc3)ccnc12. The summed E-state index contributed by atoms with van der Waals surface area (Å²) < 4.78 is 1.65. The molecule has 5 nitrogen and oxygen atoms in total. The number of hydrogen-bond donors (Lipinski definition) is 0. The Balaban J connectivity index is 2.32. The zero-order valence-corrected chi connectivity index (χ0v) is 8.78. The first-order valence-electron chi connectivity index (χ1n) is 5.03. The Hall–Kier alpha value is -2.74. The molecule has 0 aliphatic rings. The first kappa shape index (κ1) is 9.48. The van der Waals surface area contributed by atoms with E-state index in [4.69, 9.17) is 5.26 Å². The fourth-order valence-electron chi connectivity index (χ4n) is 1.70. The summed E-state index contributed by atoms with van der Waals surface area (Å²) in [7, 11) is 0. The molecule has 3 heterocycles. The van der Waals surface area contributed by atoms with E-state index in [-0.39, 0.29) is 0 Å². The molecule has 0 aliphatic heterocycles. The van der Waals surface area contributed by atoms with Crippen molar-refractivity contribution in [3.05, 3.63) is 48.5 Å². The molecular formula is C12H7N5. The van der Waals surface area contributed by atoms with Crippen LogP contribution in [0, 0.1) is 11.3 Å². The van der Waals surface area contributed by atoms with Crippen molar-refractivity contribution in [3.8, 4) is 17.3 Å². The fourth-order valence-corrected chi connectivity index (χ4v) is 1.70. The van der Waals surface area contributed by atoms with Crippen molar-refractivity contribution in [1.82, 2.24) is 19.6 Å². The summed E-state index contributed by atoms with van der Waals surface area (Å²) in [4.78, 5) is 8.22. The van der Waals surface area contributed by atoms with E-state index >= 15 is 0 Å². The molecule has 0 amide bonds. The van der Waals surface area contributed by atoms with Gasteiger partial charge in [-0.25, -0.2) is 9.50 Å². The van der Waals surface area contributed by atoms with E-state index < -0.39 is 0 Å². The van der Waals surface area contributed by atoms with Crippen molar-refractivity contribution in [3.63, 3.8) is 0 Å². The fraction of sp³-hybridized carbons (Fsp3) is 0. The van der Waals surface area contributed by atoms with E-state index in [0.29, 0.717) is 11.2 Å². The summed E-state index contributed by atoms with van der Waals surface area (Å²) in [6.45, 7) is 0. The Bertz CT molecular complexity index is 709. The molecule has 0 bridgehead atoms. The summed E-state index contributed by atoms with van der Waals surface area (Å²) in [6.07, 6.45) is 6.65. The maximum absolute atomic E-state index is 8.93. The second kappa shape index (κ2) is 3.68. The Kier molecular flexibility index (Phi) is 2.06. The van der Waals surface area contributed by atoms with Gasteiger partial charge in [-0.2, -0.15) is 10.4 Å². The minimum atomic E-state index is 0.468. The number of hydrogen-bond acceptors (Lipinski definition) is 4. The van der Waals surface area contributed by atoms with E-state index in [1.807, 2.05) is 18.2 Å². The minimum Gasteiger partial charge on any atom is -0.264 e. The molecular weight excluding hydrogens is 214 g/mol. The van der Waals surface area contributed by atoms with Crippen molar-refractivity contribution in [1.29, 1.82) is 5.26 Å². The number of aromatic nitrogens is 4. The van der Waals surface area contributed by atoms with Crippen molar-refractivity contribution >= 4 is 5.65 Å². The topological polar surface area (TPSA) is 66.9 Å². The Morgan fingerprint density at radius 1 is 1.18 bits per heavy atom. The highest BCUT2D eigenvalue weighted by Crippen LogP contribution is 2.19. The molecule has 0 atom stereocenters.